The van der Waals surface area contributed by atoms with Crippen LogP contribution >= 0.6 is 11.8 Å². The molecule has 0 aromatic heterocycles. The summed E-state index contributed by atoms with van der Waals surface area (Å²) in [6.45, 7) is 6.81. The average molecular weight is 253 g/mol. The third-order valence-corrected chi connectivity index (χ3v) is 3.62. The second-order valence-corrected chi connectivity index (χ2v) is 4.98. The van der Waals surface area contributed by atoms with Crippen LogP contribution in [0.5, 0.6) is 0 Å². The van der Waals surface area contributed by atoms with Crippen LogP contribution in [0, 0.1) is 5.82 Å². The zero-order valence-electron chi connectivity index (χ0n) is 10.3. The van der Waals surface area contributed by atoms with E-state index in [4.69, 9.17) is 0 Å². The molecule has 3 heteroatoms. The van der Waals surface area contributed by atoms with Crippen LogP contribution in [-0.2, 0) is 0 Å². The van der Waals surface area contributed by atoms with Gasteiger partial charge in [-0.3, -0.25) is 0 Å². The van der Waals surface area contributed by atoms with E-state index in [1.54, 1.807) is 23.9 Å². The van der Waals surface area contributed by atoms with Crippen LogP contribution in [0.2, 0.25) is 0 Å². The molecule has 0 aliphatic carbocycles. The summed E-state index contributed by atoms with van der Waals surface area (Å²) in [4.78, 5) is 0.992. The van der Waals surface area contributed by atoms with Gasteiger partial charge in [0.05, 0.1) is 0 Å². The van der Waals surface area contributed by atoms with E-state index in [9.17, 15) is 4.39 Å². The number of benzene rings is 1. The second-order valence-electron chi connectivity index (χ2n) is 3.89. The number of hydrogen-bond acceptors (Lipinski definition) is 2. The highest BCUT2D eigenvalue weighted by atomic mass is 32.2. The summed E-state index contributed by atoms with van der Waals surface area (Å²) < 4.78 is 13.0. The van der Waals surface area contributed by atoms with E-state index in [-0.39, 0.29) is 5.82 Å². The van der Waals surface area contributed by atoms with Gasteiger partial charge < -0.3 is 5.32 Å². The summed E-state index contributed by atoms with van der Waals surface area (Å²) >= 11 is 1.70. The number of rotatable bonds is 8. The van der Waals surface area contributed by atoms with Gasteiger partial charge in [0, 0.05) is 16.7 Å². The van der Waals surface area contributed by atoms with Crippen LogP contribution in [0.15, 0.2) is 41.8 Å². The van der Waals surface area contributed by atoms with Gasteiger partial charge in [-0.1, -0.05) is 19.1 Å². The maximum Gasteiger partial charge on any atom is 0.124 e. The summed E-state index contributed by atoms with van der Waals surface area (Å²) in [6.07, 6.45) is 4.04. The zero-order chi connectivity index (χ0) is 12.5. The standard InChI is InChI=1S/C14H20FNS/c1-3-5-8-13(16-4-2)11-17-14-9-6-7-12(15)10-14/h3,6-7,9-10,13,16H,1,4-5,8,11H2,2H3. The van der Waals surface area contributed by atoms with Crippen molar-refractivity contribution in [2.45, 2.75) is 30.7 Å². The first kappa shape index (κ1) is 14.3. The molecule has 1 unspecified atom stereocenters. The molecule has 0 heterocycles. The maximum atomic E-state index is 13.0. The minimum Gasteiger partial charge on any atom is -0.313 e. The summed E-state index contributed by atoms with van der Waals surface area (Å²) in [5.41, 5.74) is 0. The van der Waals surface area contributed by atoms with Gasteiger partial charge in [0.15, 0.2) is 0 Å². The topological polar surface area (TPSA) is 12.0 Å². The van der Waals surface area contributed by atoms with E-state index >= 15 is 0 Å². The Bertz CT molecular complexity index is 341. The normalized spacial score (nSPS) is 12.4. The number of thioether (sulfide) groups is 1. The molecule has 1 aromatic rings. The SMILES string of the molecule is C=CCCC(CSc1cccc(F)c1)NCC. The van der Waals surface area contributed by atoms with Crippen LogP contribution < -0.4 is 5.32 Å². The molecule has 94 valence electrons. The first-order valence-corrected chi connectivity index (χ1v) is 6.97. The summed E-state index contributed by atoms with van der Waals surface area (Å²) in [6, 6.07) is 7.23. The highest BCUT2D eigenvalue weighted by Gasteiger charge is 2.07. The van der Waals surface area contributed by atoms with E-state index < -0.39 is 0 Å². The van der Waals surface area contributed by atoms with E-state index in [2.05, 4.69) is 18.8 Å². The number of allylic oxidation sites excluding steroid dienone is 1. The fraction of sp³-hybridized carbons (Fsp3) is 0.429. The van der Waals surface area contributed by atoms with Crippen LogP contribution in [0.3, 0.4) is 0 Å². The molecule has 1 aromatic carbocycles. The van der Waals surface area contributed by atoms with Crippen LogP contribution in [0.25, 0.3) is 0 Å². The minimum absolute atomic E-state index is 0.166. The summed E-state index contributed by atoms with van der Waals surface area (Å²) in [5, 5.41) is 3.44. The van der Waals surface area contributed by atoms with E-state index in [1.807, 2.05) is 12.1 Å². The average Bonchev–Trinajstić information content (AvgIpc) is 2.33. The van der Waals surface area contributed by atoms with Crippen molar-refractivity contribution in [3.8, 4) is 0 Å². The molecule has 1 N–H and O–H groups in total. The van der Waals surface area contributed by atoms with Crippen molar-refractivity contribution in [2.75, 3.05) is 12.3 Å². The molecule has 0 saturated heterocycles. The van der Waals surface area contributed by atoms with Gasteiger partial charge in [-0.25, -0.2) is 4.39 Å². The molecule has 0 saturated carbocycles. The van der Waals surface area contributed by atoms with Gasteiger partial charge in [-0.05, 0) is 37.6 Å². The molecule has 0 fully saturated rings. The molecule has 0 aliphatic rings. The second kappa shape index (κ2) is 8.31. The quantitative estimate of drug-likeness (QED) is 0.557. The molecule has 1 nitrogen and oxygen atoms in total. The van der Waals surface area contributed by atoms with E-state index in [0.29, 0.717) is 6.04 Å². The molecule has 0 aliphatic heterocycles. The van der Waals surface area contributed by atoms with Crippen molar-refractivity contribution < 1.29 is 4.39 Å². The Balaban J connectivity index is 2.42. The Hall–Kier alpha value is -0.800. The van der Waals surface area contributed by atoms with Gasteiger partial charge in [0.25, 0.3) is 0 Å². The van der Waals surface area contributed by atoms with Gasteiger partial charge in [0.2, 0.25) is 0 Å². The lowest BCUT2D eigenvalue weighted by atomic mass is 10.2. The first-order chi connectivity index (χ1) is 8.26. The molecule has 17 heavy (non-hydrogen) atoms. The molecular formula is C14H20FNS. The predicted molar refractivity (Wildman–Crippen MR) is 74.0 cm³/mol. The Morgan fingerprint density at radius 2 is 2.35 bits per heavy atom. The van der Waals surface area contributed by atoms with Gasteiger partial charge in [0.1, 0.15) is 5.82 Å². The van der Waals surface area contributed by atoms with Crippen molar-refractivity contribution in [3.05, 3.63) is 42.7 Å². The largest absolute Gasteiger partial charge is 0.313 e. The Morgan fingerprint density at radius 3 is 3.00 bits per heavy atom. The Labute approximate surface area is 107 Å². The highest BCUT2D eigenvalue weighted by Crippen LogP contribution is 2.20. The number of hydrogen-bond donors (Lipinski definition) is 1. The predicted octanol–water partition coefficient (Wildman–Crippen LogP) is 3.86. The highest BCUT2D eigenvalue weighted by molar-refractivity contribution is 7.99. The van der Waals surface area contributed by atoms with Crippen LogP contribution in [-0.4, -0.2) is 18.3 Å². The van der Waals surface area contributed by atoms with Gasteiger partial charge >= 0.3 is 0 Å². The van der Waals surface area contributed by atoms with Crippen molar-refractivity contribution in [1.29, 1.82) is 0 Å². The van der Waals surface area contributed by atoms with Crippen molar-refractivity contribution in [1.82, 2.24) is 5.32 Å². The third-order valence-electron chi connectivity index (χ3n) is 2.46. The van der Waals surface area contributed by atoms with E-state index in [1.165, 1.54) is 6.07 Å². The lowest BCUT2D eigenvalue weighted by Gasteiger charge is -2.16. The monoisotopic (exact) mass is 253 g/mol. The lowest BCUT2D eigenvalue weighted by molar-refractivity contribution is 0.542. The van der Waals surface area contributed by atoms with Crippen molar-refractivity contribution >= 4 is 11.8 Å². The van der Waals surface area contributed by atoms with Crippen molar-refractivity contribution in [2.24, 2.45) is 0 Å². The molecule has 1 rings (SSSR count). The molecular weight excluding hydrogens is 233 g/mol. The zero-order valence-corrected chi connectivity index (χ0v) is 11.1. The maximum absolute atomic E-state index is 13.0. The molecule has 0 amide bonds. The Kier molecular flexibility index (Phi) is 6.97. The lowest BCUT2D eigenvalue weighted by Crippen LogP contribution is -2.30. The van der Waals surface area contributed by atoms with E-state index in [0.717, 1.165) is 30.0 Å². The summed E-state index contributed by atoms with van der Waals surface area (Å²) in [5.74, 6) is 0.798. The van der Waals surface area contributed by atoms with Gasteiger partial charge in [-0.2, -0.15) is 0 Å². The first-order valence-electron chi connectivity index (χ1n) is 5.99. The molecule has 0 spiro atoms. The Morgan fingerprint density at radius 1 is 1.53 bits per heavy atom. The fourth-order valence-corrected chi connectivity index (χ4v) is 2.65. The molecule has 0 radical (unpaired) electrons. The number of nitrogens with one attached hydrogen (secondary N) is 1. The number of halogens is 1. The smallest absolute Gasteiger partial charge is 0.124 e. The summed E-state index contributed by atoms with van der Waals surface area (Å²) in [7, 11) is 0. The molecule has 0 bridgehead atoms. The third kappa shape index (κ3) is 5.89. The minimum atomic E-state index is -0.166. The molecule has 1 atom stereocenters. The van der Waals surface area contributed by atoms with Crippen LogP contribution in [0.4, 0.5) is 4.39 Å². The fourth-order valence-electron chi connectivity index (χ4n) is 1.61. The van der Waals surface area contributed by atoms with Crippen LogP contribution in [0.1, 0.15) is 19.8 Å². The van der Waals surface area contributed by atoms with Crippen molar-refractivity contribution in [3.63, 3.8) is 0 Å². The van der Waals surface area contributed by atoms with Gasteiger partial charge in [-0.15, -0.1) is 18.3 Å².